The van der Waals surface area contributed by atoms with E-state index in [2.05, 4.69) is 26.3 Å². The van der Waals surface area contributed by atoms with Crippen molar-refractivity contribution in [2.24, 2.45) is 0 Å². The first kappa shape index (κ1) is 15.1. The van der Waals surface area contributed by atoms with Crippen molar-refractivity contribution in [3.63, 3.8) is 0 Å². The standard InChI is InChI=1S/C18H21N5O/c1-22-16-15(5-3-9-20-16)21-18(17(22)24)6-10-23(11-7-18)13-14-4-2-8-19-12-14/h2-5,8-9,12,21H,6-7,10-11,13H2,1H3. The van der Waals surface area contributed by atoms with Crippen LogP contribution in [0.25, 0.3) is 0 Å². The average molecular weight is 323 g/mol. The molecule has 0 aromatic carbocycles. The highest BCUT2D eigenvalue weighted by molar-refractivity contribution is 6.06. The van der Waals surface area contributed by atoms with Crippen LogP contribution >= 0.6 is 0 Å². The first-order valence-electron chi connectivity index (χ1n) is 8.31. The van der Waals surface area contributed by atoms with Crippen LogP contribution in [0, 0.1) is 0 Å². The fourth-order valence-corrected chi connectivity index (χ4v) is 3.67. The zero-order chi connectivity index (χ0) is 16.6. The molecule has 1 N–H and O–H groups in total. The summed E-state index contributed by atoms with van der Waals surface area (Å²) in [7, 11) is 1.82. The molecule has 0 radical (unpaired) electrons. The number of piperidine rings is 1. The number of nitrogens with one attached hydrogen (secondary N) is 1. The molecular weight excluding hydrogens is 302 g/mol. The van der Waals surface area contributed by atoms with Crippen molar-refractivity contribution in [2.45, 2.75) is 24.9 Å². The van der Waals surface area contributed by atoms with E-state index in [1.165, 1.54) is 5.56 Å². The molecule has 1 saturated heterocycles. The Kier molecular flexibility index (Phi) is 3.69. The predicted octanol–water partition coefficient (Wildman–Crippen LogP) is 1.90. The van der Waals surface area contributed by atoms with Gasteiger partial charge in [-0.05, 0) is 36.6 Å². The largest absolute Gasteiger partial charge is 0.368 e. The topological polar surface area (TPSA) is 61.4 Å². The number of nitrogens with zero attached hydrogens (tertiary/aromatic N) is 4. The van der Waals surface area contributed by atoms with Crippen LogP contribution in [0.2, 0.25) is 0 Å². The first-order valence-corrected chi connectivity index (χ1v) is 8.31. The van der Waals surface area contributed by atoms with E-state index in [9.17, 15) is 4.79 Å². The normalized spacial score (nSPS) is 19.9. The number of fused-ring (bicyclic) bond motifs is 1. The monoisotopic (exact) mass is 323 g/mol. The van der Waals surface area contributed by atoms with E-state index < -0.39 is 5.54 Å². The molecular formula is C18H21N5O. The van der Waals surface area contributed by atoms with Crippen LogP contribution in [0.4, 0.5) is 11.5 Å². The third kappa shape index (κ3) is 2.53. The summed E-state index contributed by atoms with van der Waals surface area (Å²) >= 11 is 0. The third-order valence-electron chi connectivity index (χ3n) is 5.03. The molecule has 124 valence electrons. The van der Waals surface area contributed by atoms with Crippen LogP contribution in [-0.4, -0.2) is 46.5 Å². The number of carbonyl (C=O) groups excluding carboxylic acids is 1. The minimum absolute atomic E-state index is 0.120. The molecule has 0 atom stereocenters. The second-order valence-electron chi connectivity index (χ2n) is 6.58. The minimum Gasteiger partial charge on any atom is -0.368 e. The number of hydrogen-bond donors (Lipinski definition) is 1. The van der Waals surface area contributed by atoms with Crippen molar-refractivity contribution >= 4 is 17.4 Å². The maximum absolute atomic E-state index is 12.9. The summed E-state index contributed by atoms with van der Waals surface area (Å²) in [4.78, 5) is 25.5. The summed E-state index contributed by atoms with van der Waals surface area (Å²) in [5, 5.41) is 3.48. The Balaban J connectivity index is 1.49. The molecule has 6 heteroatoms. The lowest BCUT2D eigenvalue weighted by molar-refractivity contribution is -0.124. The molecule has 6 nitrogen and oxygen atoms in total. The van der Waals surface area contributed by atoms with Crippen LogP contribution in [0.5, 0.6) is 0 Å². The van der Waals surface area contributed by atoms with E-state index in [0.29, 0.717) is 5.82 Å². The van der Waals surface area contributed by atoms with Gasteiger partial charge in [0.1, 0.15) is 5.54 Å². The quantitative estimate of drug-likeness (QED) is 0.915. The molecule has 1 fully saturated rings. The van der Waals surface area contributed by atoms with Crippen molar-refractivity contribution in [3.8, 4) is 0 Å². The molecule has 0 aliphatic carbocycles. The van der Waals surface area contributed by atoms with Crippen molar-refractivity contribution in [1.29, 1.82) is 0 Å². The van der Waals surface area contributed by atoms with Crippen LogP contribution in [0.1, 0.15) is 18.4 Å². The van der Waals surface area contributed by atoms with E-state index in [1.807, 2.05) is 31.4 Å². The lowest BCUT2D eigenvalue weighted by Crippen LogP contribution is -2.61. The maximum atomic E-state index is 12.9. The van der Waals surface area contributed by atoms with Gasteiger partial charge in [-0.2, -0.15) is 0 Å². The Labute approximate surface area is 141 Å². The molecule has 1 amide bonds. The van der Waals surface area contributed by atoms with Crippen molar-refractivity contribution in [2.75, 3.05) is 30.4 Å². The summed E-state index contributed by atoms with van der Waals surface area (Å²) in [6, 6.07) is 7.96. The zero-order valence-corrected chi connectivity index (χ0v) is 13.8. The number of anilines is 2. The highest BCUT2D eigenvalue weighted by atomic mass is 16.2. The summed E-state index contributed by atoms with van der Waals surface area (Å²) in [6.45, 7) is 2.65. The van der Waals surface area contributed by atoms with Crippen LogP contribution < -0.4 is 10.2 Å². The molecule has 4 heterocycles. The van der Waals surface area contributed by atoms with Crippen molar-refractivity contribution in [1.82, 2.24) is 14.9 Å². The number of likely N-dealkylation sites (tertiary alicyclic amines) is 1. The van der Waals surface area contributed by atoms with Gasteiger partial charge in [0, 0.05) is 45.3 Å². The number of carbonyl (C=O) groups is 1. The second kappa shape index (κ2) is 5.87. The van der Waals surface area contributed by atoms with Gasteiger partial charge in [-0.15, -0.1) is 0 Å². The number of rotatable bonds is 2. The van der Waals surface area contributed by atoms with Gasteiger partial charge in [0.25, 0.3) is 5.91 Å². The highest BCUT2D eigenvalue weighted by Crippen LogP contribution is 2.37. The summed E-state index contributed by atoms with van der Waals surface area (Å²) in [5.74, 6) is 0.834. The predicted molar refractivity (Wildman–Crippen MR) is 92.7 cm³/mol. The average Bonchev–Trinajstić information content (AvgIpc) is 2.63. The summed E-state index contributed by atoms with van der Waals surface area (Å²) in [5.41, 5.74) is 1.65. The van der Waals surface area contributed by atoms with E-state index in [4.69, 9.17) is 0 Å². The molecule has 2 aliphatic heterocycles. The van der Waals surface area contributed by atoms with Gasteiger partial charge in [-0.3, -0.25) is 19.6 Å². The molecule has 2 aromatic heterocycles. The van der Waals surface area contributed by atoms with Crippen LogP contribution in [0.15, 0.2) is 42.9 Å². The first-order chi connectivity index (χ1) is 11.7. The fourth-order valence-electron chi connectivity index (χ4n) is 3.67. The van der Waals surface area contributed by atoms with Crippen molar-refractivity contribution in [3.05, 3.63) is 48.4 Å². The Morgan fingerprint density at radius 2 is 2.00 bits per heavy atom. The van der Waals surface area contributed by atoms with Crippen molar-refractivity contribution < 1.29 is 4.79 Å². The number of aromatic nitrogens is 2. The van der Waals surface area contributed by atoms with Gasteiger partial charge < -0.3 is 5.32 Å². The van der Waals surface area contributed by atoms with Gasteiger partial charge >= 0.3 is 0 Å². The Morgan fingerprint density at radius 3 is 2.75 bits per heavy atom. The summed E-state index contributed by atoms with van der Waals surface area (Å²) < 4.78 is 0. The van der Waals surface area contributed by atoms with Gasteiger partial charge in [0.15, 0.2) is 5.82 Å². The van der Waals surface area contributed by atoms with E-state index in [0.717, 1.165) is 38.2 Å². The molecule has 4 rings (SSSR count). The molecule has 2 aliphatic rings. The minimum atomic E-state index is -0.504. The Hall–Kier alpha value is -2.47. The number of hydrogen-bond acceptors (Lipinski definition) is 5. The van der Waals surface area contributed by atoms with Crippen LogP contribution in [-0.2, 0) is 11.3 Å². The van der Waals surface area contributed by atoms with Crippen LogP contribution in [0.3, 0.4) is 0 Å². The molecule has 24 heavy (non-hydrogen) atoms. The smallest absolute Gasteiger partial charge is 0.253 e. The molecule has 0 saturated carbocycles. The number of likely N-dealkylation sites (N-methyl/N-ethyl adjacent to an activating group) is 1. The van der Waals surface area contributed by atoms with Gasteiger partial charge in [0.05, 0.1) is 5.69 Å². The Bertz CT molecular complexity index is 740. The third-order valence-corrected chi connectivity index (χ3v) is 5.03. The van der Waals surface area contributed by atoms with Gasteiger partial charge in [-0.25, -0.2) is 4.98 Å². The van der Waals surface area contributed by atoms with Gasteiger partial charge in [0.2, 0.25) is 0 Å². The lowest BCUT2D eigenvalue weighted by Gasteiger charge is -2.46. The summed E-state index contributed by atoms with van der Waals surface area (Å²) in [6.07, 6.45) is 7.01. The van der Waals surface area contributed by atoms with E-state index in [-0.39, 0.29) is 5.91 Å². The van der Waals surface area contributed by atoms with E-state index >= 15 is 0 Å². The second-order valence-corrected chi connectivity index (χ2v) is 6.58. The zero-order valence-electron chi connectivity index (χ0n) is 13.8. The lowest BCUT2D eigenvalue weighted by atomic mass is 9.84. The molecule has 0 unspecified atom stereocenters. The number of amides is 1. The van der Waals surface area contributed by atoms with E-state index in [1.54, 1.807) is 17.3 Å². The SMILES string of the molecule is CN1C(=O)C2(CCN(Cc3cccnc3)CC2)Nc2cccnc21. The molecule has 2 aromatic rings. The molecule has 1 spiro atoms. The molecule has 0 bridgehead atoms. The number of pyridine rings is 2. The van der Waals surface area contributed by atoms with Gasteiger partial charge in [-0.1, -0.05) is 6.07 Å². The maximum Gasteiger partial charge on any atom is 0.253 e. The highest BCUT2D eigenvalue weighted by Gasteiger charge is 2.47. The Morgan fingerprint density at radius 1 is 1.21 bits per heavy atom. The fraction of sp³-hybridized carbons (Fsp3) is 0.389.